The van der Waals surface area contributed by atoms with E-state index < -0.39 is 17.4 Å². The summed E-state index contributed by atoms with van der Waals surface area (Å²) in [6.45, 7) is 7.81. The topological polar surface area (TPSA) is 86.0 Å². The van der Waals surface area contributed by atoms with Crippen LogP contribution < -0.4 is 10.4 Å². The van der Waals surface area contributed by atoms with Gasteiger partial charge in [-0.05, 0) is 50.3 Å². The zero-order chi connectivity index (χ0) is 15.5. The molecule has 0 spiro atoms. The lowest BCUT2D eigenvalue weighted by atomic mass is 10.2. The average molecular weight is 396 g/mol. The van der Waals surface area contributed by atoms with E-state index in [0.717, 1.165) is 0 Å². The fraction of sp³-hybridized carbons (Fsp3) is 0.538. The van der Waals surface area contributed by atoms with Crippen molar-refractivity contribution in [3.8, 4) is 5.75 Å². The predicted molar refractivity (Wildman–Crippen MR) is 80.4 cm³/mol. The van der Waals surface area contributed by atoms with E-state index >= 15 is 0 Å². The number of carboxylic acids is 1. The molecule has 0 saturated carbocycles. The third kappa shape index (κ3) is 5.12. The first-order chi connectivity index (χ1) is 9.10. The minimum atomic E-state index is -1.30. The van der Waals surface area contributed by atoms with E-state index in [4.69, 9.17) is 14.6 Å². The van der Waals surface area contributed by atoms with Crippen molar-refractivity contribution in [3.05, 3.63) is 25.8 Å². The lowest BCUT2D eigenvalue weighted by Crippen LogP contribution is -2.29. The summed E-state index contributed by atoms with van der Waals surface area (Å²) in [5.41, 5.74) is -1.11. The molecule has 0 aliphatic rings. The van der Waals surface area contributed by atoms with Gasteiger partial charge in [0.05, 0.1) is 15.8 Å². The number of rotatable bonds is 5. The summed E-state index contributed by atoms with van der Waals surface area (Å²) in [5, 5.41) is 8.78. The molecule has 1 heterocycles. The molecule has 20 heavy (non-hydrogen) atoms. The SMILES string of the molecule is CC(COC(C)(C)C)Oc1c(I)cc(C(=O)O)oc1=O. The second-order valence-corrected chi connectivity index (χ2v) is 6.39. The molecule has 0 fully saturated rings. The van der Waals surface area contributed by atoms with Crippen LogP contribution in [0.25, 0.3) is 0 Å². The van der Waals surface area contributed by atoms with Crippen LogP contribution in [0.15, 0.2) is 15.3 Å². The molecule has 1 aromatic heterocycles. The molecule has 0 amide bonds. The summed E-state index contributed by atoms with van der Waals surface area (Å²) in [6.07, 6.45) is -0.360. The maximum absolute atomic E-state index is 11.7. The second kappa shape index (κ2) is 6.57. The normalized spacial score (nSPS) is 13.1. The molecular formula is C13H17IO6. The van der Waals surface area contributed by atoms with Crippen molar-refractivity contribution >= 4 is 28.6 Å². The van der Waals surface area contributed by atoms with Crippen LogP contribution >= 0.6 is 22.6 Å². The van der Waals surface area contributed by atoms with Crippen LogP contribution in [0.3, 0.4) is 0 Å². The van der Waals surface area contributed by atoms with Crippen LogP contribution in [-0.2, 0) is 4.74 Å². The number of carboxylic acid groups (broad SMARTS) is 1. The fourth-order valence-electron chi connectivity index (χ4n) is 1.27. The highest BCUT2D eigenvalue weighted by atomic mass is 127. The first kappa shape index (κ1) is 17.0. The maximum Gasteiger partial charge on any atom is 0.380 e. The smallest absolute Gasteiger partial charge is 0.380 e. The number of ether oxygens (including phenoxy) is 2. The standard InChI is InChI=1S/C13H17IO6/c1-7(6-18-13(2,3)4)19-10-8(14)5-9(11(15)16)20-12(10)17/h5,7H,6H2,1-4H3,(H,15,16). The van der Waals surface area contributed by atoms with Gasteiger partial charge in [-0.15, -0.1) is 0 Å². The van der Waals surface area contributed by atoms with E-state index in [-0.39, 0.29) is 17.5 Å². The molecule has 0 bridgehead atoms. The number of hydrogen-bond acceptors (Lipinski definition) is 5. The number of hydrogen-bond donors (Lipinski definition) is 1. The summed E-state index contributed by atoms with van der Waals surface area (Å²) in [7, 11) is 0. The number of carbonyl (C=O) groups is 1. The van der Waals surface area contributed by atoms with E-state index in [2.05, 4.69) is 4.42 Å². The molecule has 1 aromatic rings. The van der Waals surface area contributed by atoms with Gasteiger partial charge in [0.15, 0.2) is 0 Å². The molecule has 0 aromatic carbocycles. The number of aromatic carboxylic acids is 1. The molecule has 1 N–H and O–H groups in total. The molecule has 0 aliphatic heterocycles. The summed E-state index contributed by atoms with van der Waals surface area (Å²) >= 11 is 1.83. The predicted octanol–water partition coefficient (Wildman–Crippen LogP) is 2.53. The van der Waals surface area contributed by atoms with Gasteiger partial charge in [-0.2, -0.15) is 0 Å². The highest BCUT2D eigenvalue weighted by Crippen LogP contribution is 2.19. The van der Waals surface area contributed by atoms with E-state index in [1.807, 2.05) is 43.4 Å². The Morgan fingerprint density at radius 2 is 2.10 bits per heavy atom. The van der Waals surface area contributed by atoms with Gasteiger partial charge in [0.2, 0.25) is 11.5 Å². The van der Waals surface area contributed by atoms with E-state index in [1.54, 1.807) is 6.92 Å². The summed E-state index contributed by atoms with van der Waals surface area (Å²) in [4.78, 5) is 22.5. The van der Waals surface area contributed by atoms with Gasteiger partial charge >= 0.3 is 11.6 Å². The average Bonchev–Trinajstić information content (AvgIpc) is 2.30. The van der Waals surface area contributed by atoms with Gasteiger partial charge < -0.3 is 19.0 Å². The fourth-order valence-corrected chi connectivity index (χ4v) is 1.90. The van der Waals surface area contributed by atoms with Crippen molar-refractivity contribution in [2.24, 2.45) is 0 Å². The molecule has 7 heteroatoms. The molecule has 6 nitrogen and oxygen atoms in total. The molecule has 1 unspecified atom stereocenters. The molecule has 1 atom stereocenters. The van der Waals surface area contributed by atoms with Crippen molar-refractivity contribution in [1.29, 1.82) is 0 Å². The monoisotopic (exact) mass is 396 g/mol. The zero-order valence-electron chi connectivity index (χ0n) is 11.7. The van der Waals surface area contributed by atoms with Crippen molar-refractivity contribution in [2.45, 2.75) is 39.4 Å². The van der Waals surface area contributed by atoms with Crippen molar-refractivity contribution in [2.75, 3.05) is 6.61 Å². The van der Waals surface area contributed by atoms with Gasteiger partial charge in [0.1, 0.15) is 6.10 Å². The zero-order valence-corrected chi connectivity index (χ0v) is 13.9. The van der Waals surface area contributed by atoms with Gasteiger partial charge in [0, 0.05) is 6.07 Å². The molecule has 0 aliphatic carbocycles. The summed E-state index contributed by atoms with van der Waals surface area (Å²) in [5.74, 6) is -1.71. The van der Waals surface area contributed by atoms with Crippen LogP contribution in [0.2, 0.25) is 0 Å². The highest BCUT2D eigenvalue weighted by Gasteiger charge is 2.19. The molecule has 1 rings (SSSR count). The Hall–Kier alpha value is -1.09. The van der Waals surface area contributed by atoms with E-state index in [9.17, 15) is 9.59 Å². The van der Waals surface area contributed by atoms with Gasteiger partial charge in [-0.25, -0.2) is 9.59 Å². The Labute approximate surface area is 130 Å². The second-order valence-electron chi connectivity index (χ2n) is 5.23. The quantitative estimate of drug-likeness (QED) is 0.770. The van der Waals surface area contributed by atoms with Crippen LogP contribution in [0.5, 0.6) is 5.75 Å². The van der Waals surface area contributed by atoms with Crippen molar-refractivity contribution in [3.63, 3.8) is 0 Å². The third-order valence-corrected chi connectivity index (χ3v) is 2.94. The molecule has 112 valence electrons. The van der Waals surface area contributed by atoms with E-state index in [0.29, 0.717) is 10.2 Å². The Morgan fingerprint density at radius 1 is 1.50 bits per heavy atom. The minimum Gasteiger partial charge on any atom is -0.480 e. The molecule has 0 saturated heterocycles. The van der Waals surface area contributed by atoms with Gasteiger partial charge in [0.25, 0.3) is 0 Å². The minimum absolute atomic E-state index is 0.000564. The Morgan fingerprint density at radius 3 is 2.55 bits per heavy atom. The summed E-state index contributed by atoms with van der Waals surface area (Å²) in [6, 6.07) is 1.25. The Balaban J connectivity index is 2.83. The highest BCUT2D eigenvalue weighted by molar-refractivity contribution is 14.1. The van der Waals surface area contributed by atoms with Crippen molar-refractivity contribution in [1.82, 2.24) is 0 Å². The van der Waals surface area contributed by atoms with Gasteiger partial charge in [-0.1, -0.05) is 0 Å². The number of halogens is 1. The van der Waals surface area contributed by atoms with Crippen LogP contribution in [0.1, 0.15) is 38.2 Å². The Kier molecular flexibility index (Phi) is 5.58. The van der Waals surface area contributed by atoms with Crippen molar-refractivity contribution < 1.29 is 23.8 Å². The maximum atomic E-state index is 11.7. The molecule has 0 radical (unpaired) electrons. The first-order valence-corrected chi connectivity index (χ1v) is 7.05. The molecular weight excluding hydrogens is 379 g/mol. The van der Waals surface area contributed by atoms with Crippen LogP contribution in [-0.4, -0.2) is 29.4 Å². The largest absolute Gasteiger partial charge is 0.480 e. The third-order valence-electron chi connectivity index (χ3n) is 2.14. The summed E-state index contributed by atoms with van der Waals surface area (Å²) < 4.78 is 16.1. The first-order valence-electron chi connectivity index (χ1n) is 5.97. The van der Waals surface area contributed by atoms with E-state index in [1.165, 1.54) is 6.07 Å². The lowest BCUT2D eigenvalue weighted by molar-refractivity contribution is -0.0382. The van der Waals surface area contributed by atoms with Crippen LogP contribution in [0, 0.1) is 3.57 Å². The van der Waals surface area contributed by atoms with Crippen LogP contribution in [0.4, 0.5) is 0 Å². The van der Waals surface area contributed by atoms with Gasteiger partial charge in [-0.3, -0.25) is 0 Å². The lowest BCUT2D eigenvalue weighted by Gasteiger charge is -2.23. The Bertz CT molecular complexity index is 543.